The predicted molar refractivity (Wildman–Crippen MR) is 78.9 cm³/mol. The van der Waals surface area contributed by atoms with Crippen LogP contribution in [-0.4, -0.2) is 17.7 Å². The first-order valence-corrected chi connectivity index (χ1v) is 6.63. The van der Waals surface area contributed by atoms with Crippen molar-refractivity contribution in [1.82, 2.24) is 0 Å². The molecule has 110 valence electrons. The lowest BCUT2D eigenvalue weighted by Crippen LogP contribution is -2.04. The molecule has 0 saturated heterocycles. The van der Waals surface area contributed by atoms with E-state index in [0.717, 1.165) is 12.2 Å². The van der Waals surface area contributed by atoms with E-state index < -0.39 is 11.8 Å². The van der Waals surface area contributed by atoms with E-state index in [1.165, 1.54) is 18.2 Å². The molecule has 0 atom stereocenters. The van der Waals surface area contributed by atoms with Gasteiger partial charge in [-0.3, -0.25) is 0 Å². The lowest BCUT2D eigenvalue weighted by molar-refractivity contribution is 0.0697. The Labute approximate surface area is 122 Å². The summed E-state index contributed by atoms with van der Waals surface area (Å²) >= 11 is 0. The van der Waals surface area contributed by atoms with Crippen molar-refractivity contribution in [3.8, 4) is 5.75 Å². The zero-order chi connectivity index (χ0) is 15.2. The fraction of sp³-hybridized carbons (Fsp3) is 0.188. The second-order valence-electron chi connectivity index (χ2n) is 4.47. The van der Waals surface area contributed by atoms with Crippen molar-refractivity contribution in [1.29, 1.82) is 0 Å². The second kappa shape index (κ2) is 6.74. The SMILES string of the molecule is CCCOc1ccc(Nc2c(F)cccc2C(=O)O)cc1. The van der Waals surface area contributed by atoms with Gasteiger partial charge in [0.1, 0.15) is 11.6 Å². The lowest BCUT2D eigenvalue weighted by Gasteiger charge is -2.11. The van der Waals surface area contributed by atoms with Crippen LogP contribution < -0.4 is 10.1 Å². The number of rotatable bonds is 6. The van der Waals surface area contributed by atoms with Gasteiger partial charge < -0.3 is 15.2 Å². The minimum atomic E-state index is -1.18. The molecule has 0 radical (unpaired) electrons. The highest BCUT2D eigenvalue weighted by molar-refractivity contribution is 5.95. The van der Waals surface area contributed by atoms with Crippen LogP contribution in [-0.2, 0) is 0 Å². The molecule has 0 saturated carbocycles. The van der Waals surface area contributed by atoms with Crippen molar-refractivity contribution >= 4 is 17.3 Å². The molecule has 0 heterocycles. The number of nitrogens with one attached hydrogen (secondary N) is 1. The Hall–Kier alpha value is -2.56. The number of para-hydroxylation sites is 1. The highest BCUT2D eigenvalue weighted by Gasteiger charge is 2.14. The summed E-state index contributed by atoms with van der Waals surface area (Å²) in [6, 6.07) is 10.9. The minimum absolute atomic E-state index is 0.0489. The topological polar surface area (TPSA) is 58.6 Å². The van der Waals surface area contributed by atoms with Crippen molar-refractivity contribution < 1.29 is 19.0 Å². The van der Waals surface area contributed by atoms with E-state index >= 15 is 0 Å². The van der Waals surface area contributed by atoms with Crippen molar-refractivity contribution in [3.05, 3.63) is 53.8 Å². The second-order valence-corrected chi connectivity index (χ2v) is 4.47. The average Bonchev–Trinajstić information content (AvgIpc) is 2.48. The third kappa shape index (κ3) is 3.72. The fourth-order valence-electron chi connectivity index (χ4n) is 1.83. The number of aromatic carboxylic acids is 1. The summed E-state index contributed by atoms with van der Waals surface area (Å²) in [6.07, 6.45) is 0.914. The maximum atomic E-state index is 13.8. The third-order valence-electron chi connectivity index (χ3n) is 2.84. The Kier molecular flexibility index (Phi) is 4.77. The molecule has 21 heavy (non-hydrogen) atoms. The normalized spacial score (nSPS) is 10.2. The van der Waals surface area contributed by atoms with Gasteiger partial charge in [0.2, 0.25) is 0 Å². The zero-order valence-corrected chi connectivity index (χ0v) is 11.6. The number of carbonyl (C=O) groups is 1. The molecule has 0 fully saturated rings. The Morgan fingerprint density at radius 1 is 1.24 bits per heavy atom. The Morgan fingerprint density at radius 3 is 2.57 bits per heavy atom. The molecule has 2 rings (SSSR count). The zero-order valence-electron chi connectivity index (χ0n) is 11.6. The Morgan fingerprint density at radius 2 is 1.95 bits per heavy atom. The fourth-order valence-corrected chi connectivity index (χ4v) is 1.83. The van der Waals surface area contributed by atoms with Gasteiger partial charge in [-0.15, -0.1) is 0 Å². The molecule has 0 spiro atoms. The van der Waals surface area contributed by atoms with Gasteiger partial charge in [0.15, 0.2) is 0 Å². The number of benzene rings is 2. The van der Waals surface area contributed by atoms with Crippen LogP contribution >= 0.6 is 0 Å². The molecule has 2 aromatic rings. The minimum Gasteiger partial charge on any atom is -0.494 e. The van der Waals surface area contributed by atoms with Crippen LogP contribution in [0.3, 0.4) is 0 Å². The number of ether oxygens (including phenoxy) is 1. The monoisotopic (exact) mass is 289 g/mol. The van der Waals surface area contributed by atoms with E-state index in [4.69, 9.17) is 9.84 Å². The largest absolute Gasteiger partial charge is 0.494 e. The maximum absolute atomic E-state index is 13.8. The van der Waals surface area contributed by atoms with E-state index in [9.17, 15) is 9.18 Å². The smallest absolute Gasteiger partial charge is 0.337 e. The molecule has 4 nitrogen and oxygen atoms in total. The van der Waals surface area contributed by atoms with Gasteiger partial charge in [-0.05, 0) is 42.8 Å². The number of hydrogen-bond donors (Lipinski definition) is 2. The molecule has 0 amide bonds. The molecular weight excluding hydrogens is 273 g/mol. The first-order valence-electron chi connectivity index (χ1n) is 6.63. The Balaban J connectivity index is 2.20. The quantitative estimate of drug-likeness (QED) is 0.842. The Bertz CT molecular complexity index is 626. The molecule has 0 unspecified atom stereocenters. The average molecular weight is 289 g/mol. The van der Waals surface area contributed by atoms with Crippen LogP contribution in [0.5, 0.6) is 5.75 Å². The number of halogens is 1. The van der Waals surface area contributed by atoms with Crippen molar-refractivity contribution in [2.24, 2.45) is 0 Å². The number of carboxylic acid groups (broad SMARTS) is 1. The molecular formula is C16H16FNO3. The van der Waals surface area contributed by atoms with E-state index in [0.29, 0.717) is 12.3 Å². The summed E-state index contributed by atoms with van der Waals surface area (Å²) in [6.45, 7) is 2.64. The first-order chi connectivity index (χ1) is 10.1. The number of carboxylic acids is 1. The molecule has 2 aromatic carbocycles. The molecule has 0 bridgehead atoms. The van der Waals surface area contributed by atoms with Crippen LogP contribution in [0, 0.1) is 5.82 Å². The van der Waals surface area contributed by atoms with Gasteiger partial charge in [0.05, 0.1) is 17.9 Å². The number of anilines is 2. The highest BCUT2D eigenvalue weighted by Crippen LogP contribution is 2.25. The van der Waals surface area contributed by atoms with Crippen molar-refractivity contribution in [2.75, 3.05) is 11.9 Å². The third-order valence-corrected chi connectivity index (χ3v) is 2.84. The van der Waals surface area contributed by atoms with Gasteiger partial charge in [-0.1, -0.05) is 13.0 Å². The molecule has 0 aliphatic carbocycles. The molecule has 0 aliphatic rings. The predicted octanol–water partition coefficient (Wildman–Crippen LogP) is 4.06. The van der Waals surface area contributed by atoms with E-state index in [1.807, 2.05) is 6.92 Å². The van der Waals surface area contributed by atoms with Gasteiger partial charge in [0.25, 0.3) is 0 Å². The molecule has 5 heteroatoms. The van der Waals surface area contributed by atoms with E-state index in [-0.39, 0.29) is 11.3 Å². The first kappa shape index (κ1) is 14.8. The summed E-state index contributed by atoms with van der Waals surface area (Å²) in [7, 11) is 0. The van der Waals surface area contributed by atoms with Crippen LogP contribution in [0.1, 0.15) is 23.7 Å². The molecule has 0 aliphatic heterocycles. The van der Waals surface area contributed by atoms with E-state index in [2.05, 4.69) is 5.32 Å². The number of hydrogen-bond acceptors (Lipinski definition) is 3. The van der Waals surface area contributed by atoms with Crippen LogP contribution in [0.25, 0.3) is 0 Å². The summed E-state index contributed by atoms with van der Waals surface area (Å²) in [5.41, 5.74) is 0.431. The summed E-state index contributed by atoms with van der Waals surface area (Å²) < 4.78 is 19.2. The summed E-state index contributed by atoms with van der Waals surface area (Å²) in [5, 5.41) is 11.9. The maximum Gasteiger partial charge on any atom is 0.337 e. The molecule has 2 N–H and O–H groups in total. The van der Waals surface area contributed by atoms with Gasteiger partial charge in [-0.2, -0.15) is 0 Å². The van der Waals surface area contributed by atoms with Gasteiger partial charge in [0, 0.05) is 5.69 Å². The van der Waals surface area contributed by atoms with Gasteiger partial charge >= 0.3 is 5.97 Å². The summed E-state index contributed by atoms with van der Waals surface area (Å²) in [5.74, 6) is -1.07. The van der Waals surface area contributed by atoms with Gasteiger partial charge in [-0.25, -0.2) is 9.18 Å². The van der Waals surface area contributed by atoms with Crippen LogP contribution in [0.4, 0.5) is 15.8 Å². The lowest BCUT2D eigenvalue weighted by atomic mass is 10.1. The van der Waals surface area contributed by atoms with Crippen LogP contribution in [0.2, 0.25) is 0 Å². The van der Waals surface area contributed by atoms with Crippen molar-refractivity contribution in [3.63, 3.8) is 0 Å². The summed E-state index contributed by atoms with van der Waals surface area (Å²) in [4.78, 5) is 11.1. The van der Waals surface area contributed by atoms with E-state index in [1.54, 1.807) is 24.3 Å². The van der Waals surface area contributed by atoms with Crippen LogP contribution in [0.15, 0.2) is 42.5 Å². The van der Waals surface area contributed by atoms with Crippen molar-refractivity contribution in [2.45, 2.75) is 13.3 Å². The standard InChI is InChI=1S/C16H16FNO3/c1-2-10-21-12-8-6-11(7-9-12)18-15-13(16(19)20)4-3-5-14(15)17/h3-9,18H,2,10H2,1H3,(H,19,20). The molecule has 0 aromatic heterocycles. The highest BCUT2D eigenvalue weighted by atomic mass is 19.1.